The molecule has 7 heteroatoms. The maximum atomic E-state index is 11.7. The Kier molecular flexibility index (Phi) is 5.08. The lowest BCUT2D eigenvalue weighted by Crippen LogP contribution is -2.41. The summed E-state index contributed by atoms with van der Waals surface area (Å²) in [4.78, 5) is 22.0. The molecule has 0 radical (unpaired) electrons. The molecule has 20 heavy (non-hydrogen) atoms. The Bertz CT molecular complexity index is 602. The molecular formula is C13H13ClN2O4. The van der Waals surface area contributed by atoms with Crippen LogP contribution in [-0.2, 0) is 4.79 Å². The van der Waals surface area contributed by atoms with Crippen LogP contribution in [0.5, 0.6) is 0 Å². The van der Waals surface area contributed by atoms with E-state index in [9.17, 15) is 20.0 Å². The first-order valence-corrected chi connectivity index (χ1v) is 6.16. The first kappa shape index (κ1) is 16.0. The third-order valence-electron chi connectivity index (χ3n) is 2.46. The number of rotatable bonds is 4. The molecule has 1 aromatic carbocycles. The molecule has 0 saturated carbocycles. The van der Waals surface area contributed by atoms with Gasteiger partial charge in [-0.25, -0.2) is 0 Å². The molecule has 0 unspecified atom stereocenters. The van der Waals surface area contributed by atoms with Crippen LogP contribution < -0.4 is 5.32 Å². The fraction of sp³-hybridized carbons (Fsp3) is 0.308. The number of nitrogens with one attached hydrogen (secondary N) is 1. The molecule has 0 bridgehead atoms. The van der Waals surface area contributed by atoms with Gasteiger partial charge in [-0.05, 0) is 26.0 Å². The van der Waals surface area contributed by atoms with Crippen molar-refractivity contribution in [1.82, 2.24) is 0 Å². The molecule has 0 saturated heterocycles. The van der Waals surface area contributed by atoms with Crippen LogP contribution in [0.25, 0.3) is 0 Å². The fourth-order valence-corrected chi connectivity index (χ4v) is 1.46. The Morgan fingerprint density at radius 2 is 2.25 bits per heavy atom. The molecule has 1 atom stereocenters. The molecule has 0 aliphatic rings. The van der Waals surface area contributed by atoms with E-state index in [0.29, 0.717) is 5.69 Å². The van der Waals surface area contributed by atoms with Crippen LogP contribution in [-0.4, -0.2) is 27.4 Å². The van der Waals surface area contributed by atoms with Gasteiger partial charge in [0.15, 0.2) is 5.60 Å². The molecular weight excluding hydrogens is 284 g/mol. The van der Waals surface area contributed by atoms with Gasteiger partial charge in [-0.1, -0.05) is 5.92 Å². The number of carbonyl (C=O) groups excluding carboxylic acids is 1. The highest BCUT2D eigenvalue weighted by Gasteiger charge is 2.29. The van der Waals surface area contributed by atoms with Crippen molar-refractivity contribution in [3.63, 3.8) is 0 Å². The minimum atomic E-state index is -1.72. The summed E-state index contributed by atoms with van der Waals surface area (Å²) in [5.74, 6) is 4.19. The number of anilines is 1. The third kappa shape index (κ3) is 3.70. The normalized spacial score (nSPS) is 12.8. The van der Waals surface area contributed by atoms with E-state index in [1.807, 2.05) is 0 Å². The topological polar surface area (TPSA) is 92.5 Å². The summed E-state index contributed by atoms with van der Waals surface area (Å²) in [6, 6.07) is 3.97. The fourth-order valence-electron chi connectivity index (χ4n) is 1.33. The Balaban J connectivity index is 3.09. The first-order chi connectivity index (χ1) is 9.31. The second-order valence-corrected chi connectivity index (χ2v) is 4.49. The summed E-state index contributed by atoms with van der Waals surface area (Å²) in [5.41, 5.74) is -1.40. The predicted molar refractivity (Wildman–Crippen MR) is 75.6 cm³/mol. The SMILES string of the molecule is CC#Cc1cc(NC(=O)[C@@](C)(O)CCl)ccc1[N+](=O)[O-]. The summed E-state index contributed by atoms with van der Waals surface area (Å²) in [6.45, 7) is 2.82. The van der Waals surface area contributed by atoms with Gasteiger partial charge in [0.2, 0.25) is 0 Å². The van der Waals surface area contributed by atoms with Gasteiger partial charge in [0.25, 0.3) is 11.6 Å². The number of aliphatic hydroxyl groups is 1. The van der Waals surface area contributed by atoms with Crippen molar-refractivity contribution in [1.29, 1.82) is 0 Å². The lowest BCUT2D eigenvalue weighted by atomic mass is 10.1. The first-order valence-electron chi connectivity index (χ1n) is 5.63. The largest absolute Gasteiger partial charge is 0.379 e. The highest BCUT2D eigenvalue weighted by atomic mass is 35.5. The monoisotopic (exact) mass is 296 g/mol. The maximum absolute atomic E-state index is 11.7. The number of hydrogen-bond donors (Lipinski definition) is 2. The van der Waals surface area contributed by atoms with E-state index in [4.69, 9.17) is 11.6 Å². The van der Waals surface area contributed by atoms with Crippen molar-refractivity contribution in [2.75, 3.05) is 11.2 Å². The summed E-state index contributed by atoms with van der Waals surface area (Å²) in [6.07, 6.45) is 0. The van der Waals surface area contributed by atoms with Crippen molar-refractivity contribution in [2.24, 2.45) is 0 Å². The number of benzene rings is 1. The molecule has 6 nitrogen and oxygen atoms in total. The number of amides is 1. The molecule has 2 N–H and O–H groups in total. The van der Waals surface area contributed by atoms with E-state index in [2.05, 4.69) is 17.2 Å². The number of halogens is 1. The summed E-state index contributed by atoms with van der Waals surface area (Å²) in [7, 11) is 0. The highest BCUT2D eigenvalue weighted by Crippen LogP contribution is 2.22. The zero-order valence-corrected chi connectivity index (χ0v) is 11.7. The minimum Gasteiger partial charge on any atom is -0.379 e. The Morgan fingerprint density at radius 1 is 1.60 bits per heavy atom. The molecule has 106 valence electrons. The second kappa shape index (κ2) is 6.37. The summed E-state index contributed by atoms with van der Waals surface area (Å²) < 4.78 is 0. The zero-order valence-electron chi connectivity index (χ0n) is 10.9. The molecule has 1 rings (SSSR count). The molecule has 0 aromatic heterocycles. The number of nitro benzene ring substituents is 1. The number of carbonyl (C=O) groups is 1. The maximum Gasteiger partial charge on any atom is 0.285 e. The van der Waals surface area contributed by atoms with E-state index in [0.717, 1.165) is 0 Å². The quantitative estimate of drug-likeness (QED) is 0.384. The van der Waals surface area contributed by atoms with Crippen molar-refractivity contribution in [3.05, 3.63) is 33.9 Å². The van der Waals surface area contributed by atoms with Gasteiger partial charge >= 0.3 is 0 Å². The van der Waals surface area contributed by atoms with Gasteiger partial charge < -0.3 is 10.4 Å². The van der Waals surface area contributed by atoms with E-state index < -0.39 is 16.4 Å². The average Bonchev–Trinajstić information content (AvgIpc) is 2.39. The number of nitro groups is 1. The number of nitrogens with zero attached hydrogens (tertiary/aromatic N) is 1. The Labute approximate surface area is 120 Å². The van der Waals surface area contributed by atoms with Gasteiger partial charge in [-0.2, -0.15) is 0 Å². The second-order valence-electron chi connectivity index (χ2n) is 4.23. The molecule has 0 spiro atoms. The molecule has 1 aromatic rings. The van der Waals surface area contributed by atoms with Gasteiger partial charge in [0.1, 0.15) is 5.56 Å². The van der Waals surface area contributed by atoms with Crippen LogP contribution >= 0.6 is 11.6 Å². The molecule has 1 amide bonds. The van der Waals surface area contributed by atoms with Gasteiger partial charge in [-0.3, -0.25) is 14.9 Å². The zero-order chi connectivity index (χ0) is 15.3. The molecule has 0 aliphatic heterocycles. The lowest BCUT2D eigenvalue weighted by Gasteiger charge is -2.19. The van der Waals surface area contributed by atoms with Crippen molar-refractivity contribution in [3.8, 4) is 11.8 Å². The average molecular weight is 297 g/mol. The highest BCUT2D eigenvalue weighted by molar-refractivity contribution is 6.21. The van der Waals surface area contributed by atoms with Crippen molar-refractivity contribution >= 4 is 28.9 Å². The van der Waals surface area contributed by atoms with Crippen LogP contribution in [0.15, 0.2) is 18.2 Å². The number of hydrogen-bond acceptors (Lipinski definition) is 4. The summed E-state index contributed by atoms with van der Waals surface area (Å²) >= 11 is 5.48. The lowest BCUT2D eigenvalue weighted by molar-refractivity contribution is -0.385. The van der Waals surface area contributed by atoms with Crippen LogP contribution in [0.2, 0.25) is 0 Å². The standard InChI is InChI=1S/C13H13ClN2O4/c1-3-4-9-7-10(5-6-11(9)16(19)20)15-12(17)13(2,18)8-14/h5-7,18H,8H2,1-2H3,(H,15,17)/t13-/m0/s1. The van der Waals surface area contributed by atoms with Crippen molar-refractivity contribution < 1.29 is 14.8 Å². The Morgan fingerprint density at radius 3 is 2.75 bits per heavy atom. The van der Waals surface area contributed by atoms with E-state index >= 15 is 0 Å². The minimum absolute atomic E-state index is 0.151. The van der Waals surface area contributed by atoms with Crippen LogP contribution in [0.1, 0.15) is 19.4 Å². The Hall–Kier alpha value is -2.10. The van der Waals surface area contributed by atoms with E-state index in [-0.39, 0.29) is 17.1 Å². The predicted octanol–water partition coefficient (Wildman–Crippen LogP) is 1.89. The van der Waals surface area contributed by atoms with Gasteiger partial charge in [-0.15, -0.1) is 17.5 Å². The summed E-state index contributed by atoms with van der Waals surface area (Å²) in [5, 5.41) is 23.0. The van der Waals surface area contributed by atoms with Crippen LogP contribution in [0, 0.1) is 22.0 Å². The van der Waals surface area contributed by atoms with Gasteiger partial charge in [0.05, 0.1) is 10.8 Å². The van der Waals surface area contributed by atoms with Gasteiger partial charge in [0, 0.05) is 11.8 Å². The molecule has 0 fully saturated rings. The van der Waals surface area contributed by atoms with E-state index in [1.165, 1.54) is 25.1 Å². The molecule has 0 aliphatic carbocycles. The van der Waals surface area contributed by atoms with Crippen molar-refractivity contribution in [2.45, 2.75) is 19.4 Å². The third-order valence-corrected chi connectivity index (χ3v) is 2.98. The number of alkyl halides is 1. The smallest absolute Gasteiger partial charge is 0.285 e. The van der Waals surface area contributed by atoms with Crippen LogP contribution in [0.3, 0.4) is 0 Å². The van der Waals surface area contributed by atoms with E-state index in [1.54, 1.807) is 6.92 Å². The molecule has 0 heterocycles. The van der Waals surface area contributed by atoms with Crippen LogP contribution in [0.4, 0.5) is 11.4 Å².